The van der Waals surface area contributed by atoms with E-state index in [4.69, 9.17) is 5.53 Å². The molecule has 0 spiro atoms. The molecule has 0 aromatic carbocycles. The standard InChI is InChI=1S/C7H8N6O2/c8-11-10-5-1-6(2-5)12-3-7(9-4-12)13(14)15/h3-6H,1-2H2. The first-order valence-corrected chi connectivity index (χ1v) is 4.43. The molecule has 0 bridgehead atoms. The summed E-state index contributed by atoms with van der Waals surface area (Å²) in [6.07, 6.45) is 4.28. The molecule has 0 radical (unpaired) electrons. The zero-order valence-corrected chi connectivity index (χ0v) is 7.72. The Hall–Kier alpha value is -2.08. The summed E-state index contributed by atoms with van der Waals surface area (Å²) in [6.45, 7) is 0. The minimum atomic E-state index is -0.528. The van der Waals surface area contributed by atoms with E-state index >= 15 is 0 Å². The zero-order chi connectivity index (χ0) is 10.8. The number of nitrogens with zero attached hydrogens (tertiary/aromatic N) is 6. The van der Waals surface area contributed by atoms with E-state index in [-0.39, 0.29) is 17.9 Å². The van der Waals surface area contributed by atoms with Gasteiger partial charge in [-0.15, -0.1) is 0 Å². The van der Waals surface area contributed by atoms with Gasteiger partial charge < -0.3 is 14.7 Å². The predicted octanol–water partition coefficient (Wildman–Crippen LogP) is 1.81. The van der Waals surface area contributed by atoms with Crippen LogP contribution in [0.4, 0.5) is 5.82 Å². The van der Waals surface area contributed by atoms with Gasteiger partial charge in [0.1, 0.15) is 6.20 Å². The van der Waals surface area contributed by atoms with Crippen molar-refractivity contribution in [2.45, 2.75) is 24.9 Å². The van der Waals surface area contributed by atoms with Crippen LogP contribution in [-0.2, 0) is 0 Å². The summed E-state index contributed by atoms with van der Waals surface area (Å²) >= 11 is 0. The summed E-state index contributed by atoms with van der Waals surface area (Å²) in [4.78, 5) is 16.2. The molecule has 2 rings (SSSR count). The van der Waals surface area contributed by atoms with Crippen molar-refractivity contribution < 1.29 is 4.92 Å². The monoisotopic (exact) mass is 208 g/mol. The fraction of sp³-hybridized carbons (Fsp3) is 0.571. The van der Waals surface area contributed by atoms with Crippen LogP contribution in [0.25, 0.3) is 10.4 Å². The Kier molecular flexibility index (Phi) is 2.26. The number of azide groups is 1. The van der Waals surface area contributed by atoms with Crippen LogP contribution in [0, 0.1) is 10.1 Å². The van der Waals surface area contributed by atoms with Crippen molar-refractivity contribution in [2.75, 3.05) is 0 Å². The Balaban J connectivity index is 2.01. The SMILES string of the molecule is [N-]=[N+]=NC1CC(n2cnc([N+](=O)[O-])c2)C1. The Bertz CT molecular complexity index is 428. The van der Waals surface area contributed by atoms with Crippen molar-refractivity contribution in [3.8, 4) is 0 Å². The lowest BCUT2D eigenvalue weighted by Gasteiger charge is -2.31. The zero-order valence-electron chi connectivity index (χ0n) is 7.72. The molecule has 1 aliphatic rings. The molecule has 78 valence electrons. The fourth-order valence-electron chi connectivity index (χ4n) is 1.59. The summed E-state index contributed by atoms with van der Waals surface area (Å²) in [5.74, 6) is -0.151. The van der Waals surface area contributed by atoms with Crippen molar-refractivity contribution in [2.24, 2.45) is 5.11 Å². The Morgan fingerprint density at radius 3 is 3.00 bits per heavy atom. The van der Waals surface area contributed by atoms with E-state index in [2.05, 4.69) is 15.0 Å². The van der Waals surface area contributed by atoms with Gasteiger partial charge in [0.2, 0.25) is 6.33 Å². The Morgan fingerprint density at radius 2 is 2.47 bits per heavy atom. The van der Waals surface area contributed by atoms with E-state index < -0.39 is 4.92 Å². The van der Waals surface area contributed by atoms with Gasteiger partial charge in [0.15, 0.2) is 0 Å². The van der Waals surface area contributed by atoms with Gasteiger partial charge in [-0.3, -0.25) is 0 Å². The maximum atomic E-state index is 10.4. The minimum Gasteiger partial charge on any atom is -0.358 e. The summed E-state index contributed by atoms with van der Waals surface area (Å²) in [7, 11) is 0. The highest BCUT2D eigenvalue weighted by atomic mass is 16.6. The molecule has 0 aliphatic heterocycles. The van der Waals surface area contributed by atoms with E-state index in [0.717, 1.165) is 12.8 Å². The molecule has 1 aliphatic carbocycles. The quantitative estimate of drug-likeness (QED) is 0.248. The van der Waals surface area contributed by atoms with Gasteiger partial charge in [-0.25, -0.2) is 0 Å². The molecule has 0 atom stereocenters. The normalized spacial score (nSPS) is 24.0. The minimum absolute atomic E-state index is 0.0152. The largest absolute Gasteiger partial charge is 0.381 e. The molecule has 0 saturated heterocycles. The van der Waals surface area contributed by atoms with Crippen LogP contribution >= 0.6 is 0 Å². The molecule has 0 unspecified atom stereocenters. The molecular weight excluding hydrogens is 200 g/mol. The number of imidazole rings is 1. The topological polar surface area (TPSA) is 110 Å². The first kappa shape index (κ1) is 9.47. The summed E-state index contributed by atoms with van der Waals surface area (Å²) in [6, 6.07) is 0.183. The lowest BCUT2D eigenvalue weighted by molar-refractivity contribution is -0.389. The van der Waals surface area contributed by atoms with Crippen molar-refractivity contribution in [1.82, 2.24) is 9.55 Å². The molecule has 1 aromatic heterocycles. The van der Waals surface area contributed by atoms with Gasteiger partial charge in [0, 0.05) is 17.0 Å². The van der Waals surface area contributed by atoms with E-state index in [1.54, 1.807) is 4.57 Å². The number of aromatic nitrogens is 2. The van der Waals surface area contributed by atoms with Crippen LogP contribution in [-0.4, -0.2) is 20.5 Å². The molecule has 8 nitrogen and oxygen atoms in total. The number of hydrogen-bond donors (Lipinski definition) is 0. The van der Waals surface area contributed by atoms with Crippen LogP contribution < -0.4 is 0 Å². The van der Waals surface area contributed by atoms with Gasteiger partial charge >= 0.3 is 5.82 Å². The first-order chi connectivity index (χ1) is 7.20. The second kappa shape index (κ2) is 3.58. The second-order valence-corrected chi connectivity index (χ2v) is 3.42. The van der Waals surface area contributed by atoms with Crippen LogP contribution in [0.1, 0.15) is 18.9 Å². The Labute approximate surface area is 84.3 Å². The van der Waals surface area contributed by atoms with Gasteiger partial charge in [0.25, 0.3) is 0 Å². The average molecular weight is 208 g/mol. The van der Waals surface area contributed by atoms with Crippen molar-refractivity contribution >= 4 is 5.82 Å². The molecule has 15 heavy (non-hydrogen) atoms. The van der Waals surface area contributed by atoms with Crippen LogP contribution in [0.3, 0.4) is 0 Å². The van der Waals surface area contributed by atoms with E-state index in [1.165, 1.54) is 12.5 Å². The van der Waals surface area contributed by atoms with Crippen LogP contribution in [0.5, 0.6) is 0 Å². The van der Waals surface area contributed by atoms with Gasteiger partial charge in [-0.2, -0.15) is 0 Å². The molecule has 1 saturated carbocycles. The van der Waals surface area contributed by atoms with Crippen molar-refractivity contribution in [1.29, 1.82) is 0 Å². The van der Waals surface area contributed by atoms with Gasteiger partial charge in [0.05, 0.1) is 0 Å². The van der Waals surface area contributed by atoms with Crippen LogP contribution in [0.2, 0.25) is 0 Å². The van der Waals surface area contributed by atoms with E-state index in [0.29, 0.717) is 0 Å². The highest BCUT2D eigenvalue weighted by Crippen LogP contribution is 2.35. The molecular formula is C7H8N6O2. The highest BCUT2D eigenvalue weighted by molar-refractivity contribution is 5.14. The maximum Gasteiger partial charge on any atom is 0.381 e. The van der Waals surface area contributed by atoms with Gasteiger partial charge in [-0.1, -0.05) is 5.11 Å². The third-order valence-electron chi connectivity index (χ3n) is 2.50. The lowest BCUT2D eigenvalue weighted by Crippen LogP contribution is -2.28. The van der Waals surface area contributed by atoms with Crippen LogP contribution in [0.15, 0.2) is 17.6 Å². The highest BCUT2D eigenvalue weighted by Gasteiger charge is 2.30. The summed E-state index contributed by atoms with van der Waals surface area (Å²) in [5, 5.41) is 13.9. The summed E-state index contributed by atoms with van der Waals surface area (Å²) < 4.78 is 1.70. The molecule has 1 aromatic rings. The second-order valence-electron chi connectivity index (χ2n) is 3.42. The van der Waals surface area contributed by atoms with Gasteiger partial charge in [-0.05, 0) is 28.3 Å². The third kappa shape index (κ3) is 1.75. The molecule has 1 heterocycles. The molecule has 1 fully saturated rings. The number of nitro groups is 1. The first-order valence-electron chi connectivity index (χ1n) is 4.43. The third-order valence-corrected chi connectivity index (χ3v) is 2.50. The number of rotatable bonds is 3. The lowest BCUT2D eigenvalue weighted by atomic mass is 9.87. The van der Waals surface area contributed by atoms with E-state index in [9.17, 15) is 10.1 Å². The fourth-order valence-corrected chi connectivity index (χ4v) is 1.59. The number of hydrogen-bond acceptors (Lipinski definition) is 4. The molecule has 0 amide bonds. The van der Waals surface area contributed by atoms with Crippen molar-refractivity contribution in [3.05, 3.63) is 33.1 Å². The average Bonchev–Trinajstić information content (AvgIpc) is 2.59. The molecule has 0 N–H and O–H groups in total. The maximum absolute atomic E-state index is 10.4. The van der Waals surface area contributed by atoms with E-state index in [1.807, 2.05) is 0 Å². The Morgan fingerprint density at radius 1 is 1.73 bits per heavy atom. The molecule has 8 heteroatoms. The summed E-state index contributed by atoms with van der Waals surface area (Å²) in [5.41, 5.74) is 8.19. The van der Waals surface area contributed by atoms with Crippen molar-refractivity contribution in [3.63, 3.8) is 0 Å². The predicted molar refractivity (Wildman–Crippen MR) is 50.1 cm³/mol. The smallest absolute Gasteiger partial charge is 0.358 e.